The molecule has 0 saturated heterocycles. The van der Waals surface area contributed by atoms with E-state index >= 15 is 0 Å². The van der Waals surface area contributed by atoms with Crippen molar-refractivity contribution in [3.63, 3.8) is 0 Å². The predicted molar refractivity (Wildman–Crippen MR) is 69.1 cm³/mol. The number of hydrogen-bond acceptors (Lipinski definition) is 3. The summed E-state index contributed by atoms with van der Waals surface area (Å²) in [6.07, 6.45) is 5.63. The summed E-state index contributed by atoms with van der Waals surface area (Å²) in [4.78, 5) is 22.8. The molecule has 0 spiro atoms. The highest BCUT2D eigenvalue weighted by molar-refractivity contribution is 5.87. The average molecular weight is 256 g/mol. The minimum Gasteiger partial charge on any atom is -0.373 e. The third-order valence-electron chi connectivity index (χ3n) is 3.32. The second-order valence-electron chi connectivity index (χ2n) is 4.89. The van der Waals surface area contributed by atoms with Crippen LogP contribution in [0.5, 0.6) is 0 Å². The number of likely N-dealkylation sites (N-methyl/N-ethyl adjacent to an activating group) is 1. The zero-order valence-corrected chi connectivity index (χ0v) is 11.5. The topological polar surface area (TPSA) is 67.4 Å². The van der Waals surface area contributed by atoms with Crippen molar-refractivity contribution in [2.75, 3.05) is 7.05 Å². The van der Waals surface area contributed by atoms with E-state index < -0.39 is 6.04 Å². The first-order chi connectivity index (χ1) is 8.54. The molecule has 1 saturated carbocycles. The van der Waals surface area contributed by atoms with Crippen LogP contribution >= 0.6 is 0 Å². The summed E-state index contributed by atoms with van der Waals surface area (Å²) in [6.45, 7) is 3.24. The summed E-state index contributed by atoms with van der Waals surface area (Å²) in [5.74, 6) is -0.434. The molecule has 1 aliphatic rings. The van der Waals surface area contributed by atoms with E-state index in [1.807, 2.05) is 6.92 Å². The normalized spacial score (nSPS) is 19.9. The molecule has 2 unspecified atom stereocenters. The number of carbonyl (C=O) groups excluding carboxylic acids is 2. The van der Waals surface area contributed by atoms with Gasteiger partial charge in [-0.25, -0.2) is 0 Å². The maximum Gasteiger partial charge on any atom is 0.245 e. The molecular weight excluding hydrogens is 232 g/mol. The maximum absolute atomic E-state index is 11.7. The third kappa shape index (κ3) is 4.64. The average Bonchev–Trinajstić information content (AvgIpc) is 2.36. The van der Waals surface area contributed by atoms with Crippen LogP contribution in [0.2, 0.25) is 0 Å². The van der Waals surface area contributed by atoms with Crippen LogP contribution in [-0.4, -0.2) is 37.1 Å². The minimum atomic E-state index is -0.616. The van der Waals surface area contributed by atoms with Crippen LogP contribution in [0, 0.1) is 0 Å². The van der Waals surface area contributed by atoms with Crippen LogP contribution < -0.4 is 10.6 Å². The van der Waals surface area contributed by atoms with Gasteiger partial charge in [-0.05, 0) is 19.8 Å². The van der Waals surface area contributed by atoms with Gasteiger partial charge in [0.05, 0.1) is 12.2 Å². The van der Waals surface area contributed by atoms with Crippen LogP contribution in [0.15, 0.2) is 0 Å². The highest BCUT2D eigenvalue weighted by Gasteiger charge is 2.28. The monoisotopic (exact) mass is 256 g/mol. The maximum atomic E-state index is 11.7. The highest BCUT2D eigenvalue weighted by atomic mass is 16.5. The van der Waals surface area contributed by atoms with Gasteiger partial charge >= 0.3 is 0 Å². The van der Waals surface area contributed by atoms with Gasteiger partial charge in [0, 0.05) is 14.0 Å². The van der Waals surface area contributed by atoms with Crippen molar-refractivity contribution >= 4 is 11.8 Å². The minimum absolute atomic E-state index is 0.214. The van der Waals surface area contributed by atoms with Gasteiger partial charge in [-0.2, -0.15) is 0 Å². The van der Waals surface area contributed by atoms with Gasteiger partial charge in [0.1, 0.15) is 6.04 Å². The molecule has 0 aliphatic heterocycles. The van der Waals surface area contributed by atoms with E-state index in [1.54, 1.807) is 7.05 Å². The fraction of sp³-hybridized carbons (Fsp3) is 0.846. The molecule has 1 aliphatic carbocycles. The first-order valence-electron chi connectivity index (χ1n) is 6.68. The lowest BCUT2D eigenvalue weighted by atomic mass is 9.97. The summed E-state index contributed by atoms with van der Waals surface area (Å²) in [5.41, 5.74) is 0. The molecule has 2 atom stereocenters. The Balaban J connectivity index is 2.54. The van der Waals surface area contributed by atoms with E-state index in [-0.39, 0.29) is 24.0 Å². The number of rotatable bonds is 5. The number of hydrogen-bond donors (Lipinski definition) is 2. The van der Waals surface area contributed by atoms with Crippen LogP contribution in [0.3, 0.4) is 0 Å². The zero-order chi connectivity index (χ0) is 13.5. The van der Waals surface area contributed by atoms with Crippen LogP contribution in [0.25, 0.3) is 0 Å². The first-order valence-corrected chi connectivity index (χ1v) is 6.68. The van der Waals surface area contributed by atoms with Crippen molar-refractivity contribution in [2.45, 2.75) is 64.2 Å². The Morgan fingerprint density at radius 1 is 1.22 bits per heavy atom. The van der Waals surface area contributed by atoms with Gasteiger partial charge in [0.15, 0.2) is 0 Å². The van der Waals surface area contributed by atoms with Crippen molar-refractivity contribution in [2.24, 2.45) is 0 Å². The van der Waals surface area contributed by atoms with Gasteiger partial charge in [-0.3, -0.25) is 9.59 Å². The SMILES string of the molecule is CNC(=O)C(NC(C)=O)C(C)OC1CCCCC1. The van der Waals surface area contributed by atoms with E-state index in [4.69, 9.17) is 4.74 Å². The Kier molecular flexibility index (Phi) is 6.12. The molecule has 2 amide bonds. The lowest BCUT2D eigenvalue weighted by Crippen LogP contribution is -2.52. The molecule has 0 heterocycles. The molecule has 0 aromatic rings. The van der Waals surface area contributed by atoms with Gasteiger partial charge in [-0.1, -0.05) is 19.3 Å². The standard InChI is InChI=1S/C13H24N2O3/c1-9(18-11-7-5-4-6-8-11)12(13(17)14-3)15-10(2)16/h9,11-12H,4-8H2,1-3H3,(H,14,17)(H,15,16). The largest absolute Gasteiger partial charge is 0.373 e. The lowest BCUT2D eigenvalue weighted by molar-refractivity contribution is -0.133. The lowest BCUT2D eigenvalue weighted by Gasteiger charge is -2.29. The van der Waals surface area contributed by atoms with E-state index in [1.165, 1.54) is 26.2 Å². The molecule has 0 bridgehead atoms. The van der Waals surface area contributed by atoms with Gasteiger partial charge in [0.2, 0.25) is 11.8 Å². The molecule has 18 heavy (non-hydrogen) atoms. The molecule has 1 rings (SSSR count). The van der Waals surface area contributed by atoms with Crippen molar-refractivity contribution in [1.82, 2.24) is 10.6 Å². The molecule has 104 valence electrons. The number of amides is 2. The third-order valence-corrected chi connectivity index (χ3v) is 3.32. The van der Waals surface area contributed by atoms with E-state index in [0.29, 0.717) is 0 Å². The molecule has 0 aromatic heterocycles. The Bertz CT molecular complexity index is 288. The Morgan fingerprint density at radius 3 is 2.33 bits per heavy atom. The summed E-state index contributed by atoms with van der Waals surface area (Å²) in [5, 5.41) is 5.20. The molecule has 2 N–H and O–H groups in total. The number of ether oxygens (including phenoxy) is 1. The van der Waals surface area contributed by atoms with Crippen LogP contribution in [-0.2, 0) is 14.3 Å². The molecule has 0 radical (unpaired) electrons. The van der Waals surface area contributed by atoms with E-state index in [9.17, 15) is 9.59 Å². The summed E-state index contributed by atoms with van der Waals surface area (Å²) >= 11 is 0. The summed E-state index contributed by atoms with van der Waals surface area (Å²) < 4.78 is 5.90. The van der Waals surface area contributed by atoms with Crippen molar-refractivity contribution in [3.8, 4) is 0 Å². The van der Waals surface area contributed by atoms with Crippen LogP contribution in [0.1, 0.15) is 46.0 Å². The second-order valence-corrected chi connectivity index (χ2v) is 4.89. The Hall–Kier alpha value is -1.10. The molecule has 5 nitrogen and oxygen atoms in total. The van der Waals surface area contributed by atoms with Crippen molar-refractivity contribution < 1.29 is 14.3 Å². The summed E-state index contributed by atoms with van der Waals surface area (Å²) in [6, 6.07) is -0.616. The first kappa shape index (κ1) is 15.0. The molecular formula is C13H24N2O3. The number of nitrogens with one attached hydrogen (secondary N) is 2. The van der Waals surface area contributed by atoms with Crippen molar-refractivity contribution in [1.29, 1.82) is 0 Å². The fourth-order valence-corrected chi connectivity index (χ4v) is 2.35. The fourth-order valence-electron chi connectivity index (χ4n) is 2.35. The molecule has 1 fully saturated rings. The van der Waals surface area contributed by atoms with Crippen molar-refractivity contribution in [3.05, 3.63) is 0 Å². The summed E-state index contributed by atoms with van der Waals surface area (Å²) in [7, 11) is 1.56. The van der Waals surface area contributed by atoms with Crippen LogP contribution in [0.4, 0.5) is 0 Å². The predicted octanol–water partition coefficient (Wildman–Crippen LogP) is 0.975. The van der Waals surface area contributed by atoms with Gasteiger partial charge in [0.25, 0.3) is 0 Å². The van der Waals surface area contributed by atoms with E-state index in [0.717, 1.165) is 12.8 Å². The Labute approximate surface area is 109 Å². The Morgan fingerprint density at radius 2 is 1.83 bits per heavy atom. The smallest absolute Gasteiger partial charge is 0.245 e. The quantitative estimate of drug-likeness (QED) is 0.770. The number of carbonyl (C=O) groups is 2. The van der Waals surface area contributed by atoms with E-state index in [2.05, 4.69) is 10.6 Å². The zero-order valence-electron chi connectivity index (χ0n) is 11.5. The molecule has 0 aromatic carbocycles. The van der Waals surface area contributed by atoms with Gasteiger partial charge < -0.3 is 15.4 Å². The highest BCUT2D eigenvalue weighted by Crippen LogP contribution is 2.22. The second kappa shape index (κ2) is 7.36. The van der Waals surface area contributed by atoms with Gasteiger partial charge in [-0.15, -0.1) is 0 Å². The molecule has 5 heteroatoms.